The Bertz CT molecular complexity index is 815. The molecule has 0 unspecified atom stereocenters. The highest BCUT2D eigenvalue weighted by atomic mass is 16.2. The van der Waals surface area contributed by atoms with Gasteiger partial charge in [0.1, 0.15) is 0 Å². The molecule has 154 valence electrons. The molecule has 2 aliphatic rings. The molecule has 2 aliphatic heterocycles. The zero-order chi connectivity index (χ0) is 20.2. The molecule has 2 fully saturated rings. The maximum Gasteiger partial charge on any atom is 0.226 e. The Morgan fingerprint density at radius 3 is 2.10 bits per heavy atom. The zero-order valence-corrected chi connectivity index (χ0v) is 17.2. The smallest absolute Gasteiger partial charge is 0.226 e. The average Bonchev–Trinajstić information content (AvgIpc) is 3.29. The van der Waals surface area contributed by atoms with E-state index in [0.717, 1.165) is 50.3 Å². The number of benzene rings is 1. The number of hydrogen-bond acceptors (Lipinski definition) is 3. The molecule has 0 saturated carbocycles. The van der Waals surface area contributed by atoms with Crippen molar-refractivity contribution >= 4 is 11.8 Å². The van der Waals surface area contributed by atoms with E-state index in [9.17, 15) is 9.59 Å². The number of piperazine rings is 1. The molecule has 2 aromatic rings. The van der Waals surface area contributed by atoms with Crippen LogP contribution in [0.3, 0.4) is 0 Å². The van der Waals surface area contributed by atoms with E-state index >= 15 is 0 Å². The lowest BCUT2D eigenvalue weighted by Crippen LogP contribution is -2.51. The van der Waals surface area contributed by atoms with E-state index in [1.165, 1.54) is 0 Å². The molecule has 6 nitrogen and oxygen atoms in total. The number of aromatic nitrogens is 1. The fourth-order valence-electron chi connectivity index (χ4n) is 4.24. The summed E-state index contributed by atoms with van der Waals surface area (Å²) in [5.74, 6) is 0.512. The van der Waals surface area contributed by atoms with Gasteiger partial charge in [-0.15, -0.1) is 0 Å². The standard InChI is InChI=1S/C23H30N4O2/c1-24-14-16-27(17-15-24)23(29)20-8-12-26(13-9-20)22(28)18-19-4-6-21(7-5-19)25-10-2-3-11-25/h2-7,10-11,20H,8-9,12-18H2,1H3. The molecular weight excluding hydrogens is 364 g/mol. The molecule has 2 saturated heterocycles. The maximum absolute atomic E-state index is 12.8. The average molecular weight is 395 g/mol. The van der Waals surface area contributed by atoms with Gasteiger partial charge < -0.3 is 19.3 Å². The highest BCUT2D eigenvalue weighted by Gasteiger charge is 2.31. The Morgan fingerprint density at radius 2 is 1.48 bits per heavy atom. The second kappa shape index (κ2) is 8.82. The molecule has 2 amide bonds. The first-order valence-electron chi connectivity index (χ1n) is 10.6. The van der Waals surface area contributed by atoms with Gasteiger partial charge in [-0.2, -0.15) is 0 Å². The number of likely N-dealkylation sites (tertiary alicyclic amines) is 1. The normalized spacial score (nSPS) is 18.8. The third-order valence-corrected chi connectivity index (χ3v) is 6.21. The summed E-state index contributed by atoms with van der Waals surface area (Å²) >= 11 is 0. The van der Waals surface area contributed by atoms with Gasteiger partial charge in [0.2, 0.25) is 11.8 Å². The number of amides is 2. The van der Waals surface area contributed by atoms with Gasteiger partial charge in [0.15, 0.2) is 0 Å². The second-order valence-electron chi connectivity index (χ2n) is 8.22. The predicted octanol–water partition coefficient (Wildman–Crippen LogP) is 2.03. The lowest BCUT2D eigenvalue weighted by molar-refractivity contribution is -0.141. The van der Waals surface area contributed by atoms with Crippen molar-refractivity contribution in [2.75, 3.05) is 46.3 Å². The molecule has 6 heteroatoms. The van der Waals surface area contributed by atoms with Gasteiger partial charge in [-0.25, -0.2) is 0 Å². The van der Waals surface area contributed by atoms with Crippen molar-refractivity contribution in [1.82, 2.24) is 19.3 Å². The third kappa shape index (κ3) is 4.70. The summed E-state index contributed by atoms with van der Waals surface area (Å²) in [6.45, 7) is 4.92. The summed E-state index contributed by atoms with van der Waals surface area (Å²) in [7, 11) is 2.10. The molecular formula is C23H30N4O2. The summed E-state index contributed by atoms with van der Waals surface area (Å²) in [6.07, 6.45) is 6.00. The van der Waals surface area contributed by atoms with E-state index in [2.05, 4.69) is 11.9 Å². The molecule has 0 N–H and O–H groups in total. The molecule has 1 aromatic carbocycles. The second-order valence-corrected chi connectivity index (χ2v) is 8.22. The molecule has 4 rings (SSSR count). The summed E-state index contributed by atoms with van der Waals surface area (Å²) in [4.78, 5) is 31.7. The van der Waals surface area contributed by atoms with Crippen molar-refractivity contribution in [3.63, 3.8) is 0 Å². The van der Waals surface area contributed by atoms with Crippen LogP contribution < -0.4 is 0 Å². The van der Waals surface area contributed by atoms with E-state index < -0.39 is 0 Å². The van der Waals surface area contributed by atoms with Crippen LogP contribution in [-0.4, -0.2) is 77.4 Å². The molecule has 0 bridgehead atoms. The zero-order valence-electron chi connectivity index (χ0n) is 17.2. The molecule has 0 atom stereocenters. The van der Waals surface area contributed by atoms with Gasteiger partial charge in [0, 0.05) is 63.3 Å². The third-order valence-electron chi connectivity index (χ3n) is 6.21. The summed E-state index contributed by atoms with van der Waals surface area (Å²) in [5, 5.41) is 0. The lowest BCUT2D eigenvalue weighted by Gasteiger charge is -2.37. The SMILES string of the molecule is CN1CCN(C(=O)C2CCN(C(=O)Cc3ccc(-n4cccc4)cc3)CC2)CC1. The quantitative estimate of drug-likeness (QED) is 0.797. The Morgan fingerprint density at radius 1 is 0.862 bits per heavy atom. The summed E-state index contributed by atoms with van der Waals surface area (Å²) < 4.78 is 2.05. The summed E-state index contributed by atoms with van der Waals surface area (Å²) in [6, 6.07) is 12.1. The van der Waals surface area contributed by atoms with Crippen LogP contribution in [-0.2, 0) is 16.0 Å². The number of likely N-dealkylation sites (N-methyl/N-ethyl adjacent to an activating group) is 1. The van der Waals surface area contributed by atoms with Gasteiger partial charge in [-0.1, -0.05) is 12.1 Å². The highest BCUT2D eigenvalue weighted by molar-refractivity contribution is 5.81. The van der Waals surface area contributed by atoms with E-state index in [-0.39, 0.29) is 17.7 Å². The number of rotatable bonds is 4. The molecule has 29 heavy (non-hydrogen) atoms. The van der Waals surface area contributed by atoms with Crippen molar-refractivity contribution in [1.29, 1.82) is 0 Å². The van der Waals surface area contributed by atoms with Gasteiger partial charge in [0.25, 0.3) is 0 Å². The lowest BCUT2D eigenvalue weighted by atomic mass is 9.94. The number of piperidine rings is 1. The van der Waals surface area contributed by atoms with Crippen LogP contribution in [0.2, 0.25) is 0 Å². The van der Waals surface area contributed by atoms with Crippen LogP contribution >= 0.6 is 0 Å². The van der Waals surface area contributed by atoms with Gasteiger partial charge in [-0.3, -0.25) is 9.59 Å². The van der Waals surface area contributed by atoms with Gasteiger partial charge in [0.05, 0.1) is 6.42 Å². The van der Waals surface area contributed by atoms with E-state index in [4.69, 9.17) is 0 Å². The van der Waals surface area contributed by atoms with Crippen molar-refractivity contribution in [2.24, 2.45) is 5.92 Å². The van der Waals surface area contributed by atoms with Crippen LogP contribution in [0.5, 0.6) is 0 Å². The first-order chi connectivity index (χ1) is 14.1. The maximum atomic E-state index is 12.8. The van der Waals surface area contributed by atoms with Gasteiger partial charge >= 0.3 is 0 Å². The van der Waals surface area contributed by atoms with Crippen molar-refractivity contribution < 1.29 is 9.59 Å². The van der Waals surface area contributed by atoms with Crippen LogP contribution in [0.4, 0.5) is 0 Å². The Balaban J connectivity index is 1.26. The number of nitrogens with zero attached hydrogens (tertiary/aromatic N) is 4. The van der Waals surface area contributed by atoms with Crippen LogP contribution in [0.15, 0.2) is 48.8 Å². The minimum Gasteiger partial charge on any atom is -0.342 e. The molecule has 1 aromatic heterocycles. The number of hydrogen-bond donors (Lipinski definition) is 0. The van der Waals surface area contributed by atoms with Crippen LogP contribution in [0.1, 0.15) is 18.4 Å². The minimum absolute atomic E-state index is 0.0725. The number of carbonyl (C=O) groups excluding carboxylic acids is 2. The Labute approximate surface area is 172 Å². The largest absolute Gasteiger partial charge is 0.342 e. The first-order valence-corrected chi connectivity index (χ1v) is 10.6. The predicted molar refractivity (Wildman–Crippen MR) is 113 cm³/mol. The Kier molecular flexibility index (Phi) is 6.00. The molecule has 0 radical (unpaired) electrons. The molecule has 3 heterocycles. The van der Waals surface area contributed by atoms with Crippen molar-refractivity contribution in [2.45, 2.75) is 19.3 Å². The topological polar surface area (TPSA) is 48.8 Å². The van der Waals surface area contributed by atoms with E-state index in [1.54, 1.807) is 0 Å². The monoisotopic (exact) mass is 394 g/mol. The fraction of sp³-hybridized carbons (Fsp3) is 0.478. The molecule has 0 aliphatic carbocycles. The fourth-order valence-corrected chi connectivity index (χ4v) is 4.24. The van der Waals surface area contributed by atoms with Crippen molar-refractivity contribution in [3.8, 4) is 5.69 Å². The van der Waals surface area contributed by atoms with E-state index in [1.807, 2.05) is 63.2 Å². The summed E-state index contributed by atoms with van der Waals surface area (Å²) in [5.41, 5.74) is 2.12. The number of carbonyl (C=O) groups is 2. The minimum atomic E-state index is 0.0725. The van der Waals surface area contributed by atoms with Crippen molar-refractivity contribution in [3.05, 3.63) is 54.4 Å². The first kappa shape index (κ1) is 19.7. The van der Waals surface area contributed by atoms with Crippen LogP contribution in [0.25, 0.3) is 5.69 Å². The molecule has 0 spiro atoms. The Hall–Kier alpha value is -2.60. The van der Waals surface area contributed by atoms with Crippen LogP contribution in [0, 0.1) is 5.92 Å². The van der Waals surface area contributed by atoms with E-state index in [0.29, 0.717) is 19.5 Å². The van der Waals surface area contributed by atoms with Gasteiger partial charge in [-0.05, 0) is 49.7 Å². The highest BCUT2D eigenvalue weighted by Crippen LogP contribution is 2.21.